The van der Waals surface area contributed by atoms with Gasteiger partial charge in [0.2, 0.25) is 0 Å². The Labute approximate surface area is 267 Å². The third-order valence-electron chi connectivity index (χ3n) is 8.25. The summed E-state index contributed by atoms with van der Waals surface area (Å²) in [4.78, 5) is 40.7. The third kappa shape index (κ3) is 6.87. The highest BCUT2D eigenvalue weighted by Crippen LogP contribution is 2.26. The molecule has 1 aliphatic heterocycles. The molecule has 3 aromatic carbocycles. The second-order valence-corrected chi connectivity index (χ2v) is 11.5. The molecule has 234 valence electrons. The van der Waals surface area contributed by atoms with Crippen LogP contribution in [0.15, 0.2) is 103 Å². The van der Waals surface area contributed by atoms with Crippen molar-refractivity contribution in [2.45, 2.75) is 18.9 Å². The number of aliphatic hydroxyl groups is 1. The van der Waals surface area contributed by atoms with Crippen LogP contribution in [-0.2, 0) is 14.1 Å². The lowest BCUT2D eigenvalue weighted by Crippen LogP contribution is -2.35. The molecule has 10 nitrogen and oxygen atoms in total. The Hall–Kier alpha value is -5.61. The van der Waals surface area contributed by atoms with E-state index in [1.54, 1.807) is 39.5 Å². The molecule has 0 saturated carbocycles. The SMILES string of the molecule is Cn1cccc1C(=O)Nc1ccc(NC(=O)c2cc(-c3ccc(NC(=O)c4ccc(N5CCC(O)CC5)cc4)cc3)cn2C)cc1. The van der Waals surface area contributed by atoms with E-state index in [1.807, 2.05) is 87.2 Å². The number of rotatable bonds is 8. The van der Waals surface area contributed by atoms with Crippen molar-refractivity contribution >= 4 is 40.5 Å². The molecule has 3 heterocycles. The van der Waals surface area contributed by atoms with Gasteiger partial charge in [-0.2, -0.15) is 0 Å². The fourth-order valence-electron chi connectivity index (χ4n) is 5.57. The van der Waals surface area contributed by atoms with Crippen molar-refractivity contribution in [1.29, 1.82) is 0 Å². The van der Waals surface area contributed by atoms with Crippen molar-refractivity contribution in [3.63, 3.8) is 0 Å². The number of nitrogens with zero attached hydrogens (tertiary/aromatic N) is 3. The van der Waals surface area contributed by atoms with Crippen LogP contribution >= 0.6 is 0 Å². The van der Waals surface area contributed by atoms with E-state index in [0.29, 0.717) is 34.0 Å². The molecule has 2 aromatic heterocycles. The minimum Gasteiger partial charge on any atom is -0.393 e. The van der Waals surface area contributed by atoms with Crippen molar-refractivity contribution < 1.29 is 19.5 Å². The standard InChI is InChI=1S/C36H36N6O4/c1-40-19-3-4-32(40)35(45)38-28-11-13-29(14-12-28)39-36(46)33-22-26(23-41(33)2)24-5-9-27(10-6-24)37-34(44)25-7-15-30(16-8-25)42-20-17-31(43)18-21-42/h3-16,19,22-23,31,43H,17-18,20-21H2,1-2H3,(H,37,44)(H,38,45)(H,39,46). The molecule has 1 aliphatic rings. The van der Waals surface area contributed by atoms with Gasteiger partial charge < -0.3 is 35.1 Å². The predicted molar refractivity (Wildman–Crippen MR) is 180 cm³/mol. The summed E-state index contributed by atoms with van der Waals surface area (Å²) in [6.07, 6.45) is 4.97. The minimum absolute atomic E-state index is 0.196. The Kier molecular flexibility index (Phi) is 8.71. The predicted octanol–water partition coefficient (Wildman–Crippen LogP) is 5.75. The number of piperidine rings is 1. The van der Waals surface area contributed by atoms with Crippen LogP contribution in [0.25, 0.3) is 11.1 Å². The fraction of sp³-hybridized carbons (Fsp3) is 0.194. The van der Waals surface area contributed by atoms with Crippen molar-refractivity contribution in [3.8, 4) is 11.1 Å². The number of anilines is 4. The zero-order chi connectivity index (χ0) is 32.2. The summed E-state index contributed by atoms with van der Waals surface area (Å²) in [6, 6.07) is 27.4. The number of aryl methyl sites for hydroxylation is 2. The van der Waals surface area contributed by atoms with Crippen LogP contribution in [0.2, 0.25) is 0 Å². The van der Waals surface area contributed by atoms with E-state index in [4.69, 9.17) is 0 Å². The summed E-state index contributed by atoms with van der Waals surface area (Å²) in [5, 5.41) is 18.5. The highest BCUT2D eigenvalue weighted by atomic mass is 16.3. The number of carbonyl (C=O) groups excluding carboxylic acids is 3. The van der Waals surface area contributed by atoms with Gasteiger partial charge in [0.1, 0.15) is 11.4 Å². The average Bonchev–Trinajstić information content (AvgIpc) is 3.68. The highest BCUT2D eigenvalue weighted by Gasteiger charge is 2.18. The topological polar surface area (TPSA) is 121 Å². The first-order chi connectivity index (χ1) is 22.2. The first kappa shape index (κ1) is 30.4. The van der Waals surface area contributed by atoms with Gasteiger partial charge in [0.25, 0.3) is 17.7 Å². The van der Waals surface area contributed by atoms with Gasteiger partial charge >= 0.3 is 0 Å². The maximum atomic E-state index is 13.1. The van der Waals surface area contributed by atoms with Crippen molar-refractivity contribution in [1.82, 2.24) is 9.13 Å². The molecule has 0 radical (unpaired) electrons. The lowest BCUT2D eigenvalue weighted by molar-refractivity contribution is 0.101. The summed E-state index contributed by atoms with van der Waals surface area (Å²) in [5.74, 6) is -0.669. The van der Waals surface area contributed by atoms with Crippen LogP contribution in [0.5, 0.6) is 0 Å². The van der Waals surface area contributed by atoms with Crippen LogP contribution in [-0.4, -0.2) is 51.2 Å². The molecule has 0 unspecified atom stereocenters. The number of amides is 3. The van der Waals surface area contributed by atoms with Crippen molar-refractivity contribution in [2.24, 2.45) is 14.1 Å². The van der Waals surface area contributed by atoms with Crippen molar-refractivity contribution in [2.75, 3.05) is 33.9 Å². The normalized spacial score (nSPS) is 13.3. The molecule has 0 bridgehead atoms. The summed E-state index contributed by atoms with van der Waals surface area (Å²) in [6.45, 7) is 1.61. The lowest BCUT2D eigenvalue weighted by atomic mass is 10.1. The Bertz CT molecular complexity index is 1850. The second kappa shape index (κ2) is 13.2. The van der Waals surface area contributed by atoms with Crippen LogP contribution < -0.4 is 20.9 Å². The van der Waals surface area contributed by atoms with E-state index in [1.165, 1.54) is 0 Å². The molecule has 10 heteroatoms. The Balaban J connectivity index is 1.04. The molecule has 5 aromatic rings. The number of hydrogen-bond acceptors (Lipinski definition) is 5. The van der Waals surface area contributed by atoms with Crippen LogP contribution in [0.1, 0.15) is 44.2 Å². The summed E-state index contributed by atoms with van der Waals surface area (Å²) >= 11 is 0. The average molecular weight is 617 g/mol. The van der Waals surface area contributed by atoms with Gasteiger partial charge in [-0.15, -0.1) is 0 Å². The largest absolute Gasteiger partial charge is 0.393 e. The summed E-state index contributed by atoms with van der Waals surface area (Å²) in [5.41, 5.74) is 6.31. The zero-order valence-corrected chi connectivity index (χ0v) is 25.7. The summed E-state index contributed by atoms with van der Waals surface area (Å²) in [7, 11) is 3.62. The molecule has 1 saturated heterocycles. The molecule has 0 atom stereocenters. The molecule has 1 fully saturated rings. The van der Waals surface area contributed by atoms with Gasteiger partial charge in [0, 0.05) is 73.5 Å². The molecule has 46 heavy (non-hydrogen) atoms. The van der Waals surface area contributed by atoms with Crippen molar-refractivity contribution in [3.05, 3.63) is 120 Å². The molecule has 0 spiro atoms. The number of hydrogen-bond donors (Lipinski definition) is 4. The van der Waals surface area contributed by atoms with E-state index in [2.05, 4.69) is 20.9 Å². The molecular weight excluding hydrogens is 580 g/mol. The van der Waals surface area contributed by atoms with Crippen LogP contribution in [0.3, 0.4) is 0 Å². The van der Waals surface area contributed by atoms with Gasteiger partial charge in [-0.05, 0) is 97.3 Å². The lowest BCUT2D eigenvalue weighted by Gasteiger charge is -2.31. The fourth-order valence-corrected chi connectivity index (χ4v) is 5.57. The maximum Gasteiger partial charge on any atom is 0.272 e. The van der Waals surface area contributed by atoms with E-state index < -0.39 is 0 Å². The van der Waals surface area contributed by atoms with Crippen LogP contribution in [0.4, 0.5) is 22.7 Å². The quantitative estimate of drug-likeness (QED) is 0.177. The Morgan fingerprint density at radius 1 is 0.652 bits per heavy atom. The molecule has 6 rings (SSSR count). The van der Waals surface area contributed by atoms with Gasteiger partial charge in [0.05, 0.1) is 6.10 Å². The first-order valence-corrected chi connectivity index (χ1v) is 15.2. The third-order valence-corrected chi connectivity index (χ3v) is 8.25. The van der Waals surface area contributed by atoms with Gasteiger partial charge in [-0.1, -0.05) is 12.1 Å². The summed E-state index contributed by atoms with van der Waals surface area (Å²) < 4.78 is 3.51. The number of aliphatic hydroxyl groups excluding tert-OH is 1. The molecule has 4 N–H and O–H groups in total. The number of nitrogens with one attached hydrogen (secondary N) is 3. The van der Waals surface area contributed by atoms with Crippen LogP contribution in [0, 0.1) is 0 Å². The Morgan fingerprint density at radius 3 is 1.76 bits per heavy atom. The highest BCUT2D eigenvalue weighted by molar-refractivity contribution is 6.06. The number of benzene rings is 3. The monoisotopic (exact) mass is 616 g/mol. The first-order valence-electron chi connectivity index (χ1n) is 15.2. The minimum atomic E-state index is -0.262. The molecule has 3 amide bonds. The number of carbonyl (C=O) groups is 3. The van der Waals surface area contributed by atoms with Gasteiger partial charge in [-0.3, -0.25) is 14.4 Å². The number of aromatic nitrogens is 2. The van der Waals surface area contributed by atoms with E-state index in [0.717, 1.165) is 42.7 Å². The second-order valence-electron chi connectivity index (χ2n) is 11.5. The van der Waals surface area contributed by atoms with Gasteiger partial charge in [-0.25, -0.2) is 0 Å². The van der Waals surface area contributed by atoms with E-state index in [-0.39, 0.29) is 23.8 Å². The molecular formula is C36H36N6O4. The zero-order valence-electron chi connectivity index (χ0n) is 25.7. The van der Waals surface area contributed by atoms with E-state index in [9.17, 15) is 19.5 Å². The van der Waals surface area contributed by atoms with E-state index >= 15 is 0 Å². The molecule has 0 aliphatic carbocycles. The smallest absolute Gasteiger partial charge is 0.272 e. The Morgan fingerprint density at radius 2 is 1.20 bits per heavy atom. The maximum absolute atomic E-state index is 13.1. The van der Waals surface area contributed by atoms with Gasteiger partial charge in [0.15, 0.2) is 0 Å².